The van der Waals surface area contributed by atoms with Gasteiger partial charge in [0.2, 0.25) is 5.89 Å². The number of amides is 2. The molecule has 20 heavy (non-hydrogen) atoms. The minimum absolute atomic E-state index is 0.124. The summed E-state index contributed by atoms with van der Waals surface area (Å²) in [5.74, 6) is -0.515. The number of aromatic nitrogens is 2. The number of carboxylic acid groups (broad SMARTS) is 1. The highest BCUT2D eigenvalue weighted by Gasteiger charge is 2.28. The Balaban J connectivity index is 2.39. The van der Waals surface area contributed by atoms with Gasteiger partial charge in [-0.05, 0) is 5.41 Å². The quantitative estimate of drug-likeness (QED) is 0.711. The summed E-state index contributed by atoms with van der Waals surface area (Å²) in [6.07, 6.45) is 1.59. The van der Waals surface area contributed by atoms with E-state index in [-0.39, 0.29) is 11.8 Å². The zero-order valence-electron chi connectivity index (χ0n) is 11.8. The molecule has 8 nitrogen and oxygen atoms in total. The SMILES string of the molecule is CC(C)(C)C(CC(=O)O)NC(=O)NCCc1ncno1. The van der Waals surface area contributed by atoms with Crippen LogP contribution in [0.25, 0.3) is 0 Å². The lowest BCUT2D eigenvalue weighted by Gasteiger charge is -2.30. The maximum Gasteiger partial charge on any atom is 0.315 e. The molecular formula is C12H20N4O4. The van der Waals surface area contributed by atoms with Crippen LogP contribution >= 0.6 is 0 Å². The summed E-state index contributed by atoms with van der Waals surface area (Å²) < 4.78 is 4.79. The molecule has 0 saturated heterocycles. The van der Waals surface area contributed by atoms with E-state index in [4.69, 9.17) is 9.63 Å². The number of nitrogens with one attached hydrogen (secondary N) is 2. The van der Waals surface area contributed by atoms with Crippen LogP contribution in [0.3, 0.4) is 0 Å². The molecule has 1 atom stereocenters. The molecule has 0 fully saturated rings. The molecule has 0 bridgehead atoms. The van der Waals surface area contributed by atoms with Crippen molar-refractivity contribution in [1.29, 1.82) is 0 Å². The molecule has 3 N–H and O–H groups in total. The smallest absolute Gasteiger partial charge is 0.315 e. The van der Waals surface area contributed by atoms with E-state index in [1.807, 2.05) is 20.8 Å². The van der Waals surface area contributed by atoms with E-state index in [1.165, 1.54) is 6.33 Å². The molecule has 1 aromatic heterocycles. The van der Waals surface area contributed by atoms with Crippen molar-refractivity contribution in [3.8, 4) is 0 Å². The lowest BCUT2D eigenvalue weighted by molar-refractivity contribution is -0.138. The van der Waals surface area contributed by atoms with E-state index < -0.39 is 18.0 Å². The standard InChI is InChI=1S/C12H20N4O4/c1-12(2,3)8(6-10(17)18)16-11(19)13-5-4-9-14-7-15-20-9/h7-8H,4-6H2,1-3H3,(H,17,18)(H2,13,16,19). The second-order valence-electron chi connectivity index (χ2n) is 5.50. The average molecular weight is 284 g/mol. The monoisotopic (exact) mass is 284 g/mol. The largest absolute Gasteiger partial charge is 0.481 e. The number of nitrogens with zero attached hydrogens (tertiary/aromatic N) is 2. The van der Waals surface area contributed by atoms with Gasteiger partial charge in [-0.15, -0.1) is 0 Å². The highest BCUT2D eigenvalue weighted by Crippen LogP contribution is 2.21. The summed E-state index contributed by atoms with van der Waals surface area (Å²) >= 11 is 0. The van der Waals surface area contributed by atoms with Gasteiger partial charge in [-0.1, -0.05) is 25.9 Å². The lowest BCUT2D eigenvalue weighted by atomic mass is 9.85. The Morgan fingerprint density at radius 2 is 2.15 bits per heavy atom. The first-order valence-electron chi connectivity index (χ1n) is 6.30. The van der Waals surface area contributed by atoms with Gasteiger partial charge in [-0.25, -0.2) is 4.79 Å². The van der Waals surface area contributed by atoms with Crippen molar-refractivity contribution in [2.75, 3.05) is 6.54 Å². The summed E-state index contributed by atoms with van der Waals surface area (Å²) in [7, 11) is 0. The topological polar surface area (TPSA) is 117 Å². The first kappa shape index (κ1) is 15.9. The molecule has 0 aliphatic rings. The summed E-state index contributed by atoms with van der Waals surface area (Å²) in [6, 6.07) is -0.867. The van der Waals surface area contributed by atoms with E-state index in [1.54, 1.807) is 0 Å². The predicted molar refractivity (Wildman–Crippen MR) is 70.0 cm³/mol. The van der Waals surface area contributed by atoms with Crippen molar-refractivity contribution in [3.05, 3.63) is 12.2 Å². The number of carboxylic acids is 1. The maximum atomic E-state index is 11.7. The van der Waals surface area contributed by atoms with E-state index in [0.717, 1.165) is 0 Å². The van der Waals surface area contributed by atoms with Gasteiger partial charge in [0, 0.05) is 19.0 Å². The van der Waals surface area contributed by atoms with Crippen LogP contribution in [0.15, 0.2) is 10.9 Å². The molecule has 0 aliphatic carbocycles. The van der Waals surface area contributed by atoms with Gasteiger partial charge in [0.05, 0.1) is 6.42 Å². The normalized spacial score (nSPS) is 12.8. The third kappa shape index (κ3) is 5.68. The minimum Gasteiger partial charge on any atom is -0.481 e. The predicted octanol–water partition coefficient (Wildman–Crippen LogP) is 0.801. The Kier molecular flexibility index (Phi) is 5.48. The van der Waals surface area contributed by atoms with Crippen LogP contribution in [0, 0.1) is 5.41 Å². The molecule has 2 amide bonds. The first-order valence-corrected chi connectivity index (χ1v) is 6.30. The molecule has 1 unspecified atom stereocenters. The molecule has 0 aliphatic heterocycles. The molecule has 8 heteroatoms. The van der Waals surface area contributed by atoms with Crippen LogP contribution < -0.4 is 10.6 Å². The summed E-state index contributed by atoms with van der Waals surface area (Å²) in [5.41, 5.74) is -0.345. The molecule has 0 spiro atoms. The van der Waals surface area contributed by atoms with Crippen LogP contribution in [0.2, 0.25) is 0 Å². The summed E-state index contributed by atoms with van der Waals surface area (Å²) in [5, 5.41) is 17.6. The highest BCUT2D eigenvalue weighted by atomic mass is 16.5. The molecule has 112 valence electrons. The Bertz CT molecular complexity index is 439. The molecule has 0 saturated carbocycles. The molecule has 0 radical (unpaired) electrons. The number of rotatable bonds is 6. The Hall–Kier alpha value is -2.12. The van der Waals surface area contributed by atoms with Crippen molar-refractivity contribution in [1.82, 2.24) is 20.8 Å². The summed E-state index contributed by atoms with van der Waals surface area (Å²) in [6.45, 7) is 5.95. The third-order valence-electron chi connectivity index (χ3n) is 2.76. The third-order valence-corrected chi connectivity index (χ3v) is 2.76. The lowest BCUT2D eigenvalue weighted by Crippen LogP contribution is -2.49. The molecule has 0 aromatic carbocycles. The Morgan fingerprint density at radius 1 is 1.45 bits per heavy atom. The van der Waals surface area contributed by atoms with Gasteiger partial charge in [-0.2, -0.15) is 4.98 Å². The number of urea groups is 1. The second kappa shape index (κ2) is 6.88. The molecule has 1 rings (SSSR count). The average Bonchev–Trinajstić information content (AvgIpc) is 2.79. The number of carbonyl (C=O) groups is 2. The van der Waals surface area contributed by atoms with Gasteiger partial charge in [0.25, 0.3) is 0 Å². The summed E-state index contributed by atoms with van der Waals surface area (Å²) in [4.78, 5) is 26.4. The van der Waals surface area contributed by atoms with Crippen LogP contribution in [0.5, 0.6) is 0 Å². The fraction of sp³-hybridized carbons (Fsp3) is 0.667. The van der Waals surface area contributed by atoms with Crippen molar-refractivity contribution < 1.29 is 19.2 Å². The zero-order valence-corrected chi connectivity index (χ0v) is 11.8. The Labute approximate surface area is 116 Å². The Morgan fingerprint density at radius 3 is 2.65 bits per heavy atom. The van der Waals surface area contributed by atoms with Gasteiger partial charge < -0.3 is 20.3 Å². The molecule has 1 heterocycles. The number of carbonyl (C=O) groups excluding carboxylic acids is 1. The van der Waals surface area contributed by atoms with Gasteiger partial charge in [0.1, 0.15) is 0 Å². The van der Waals surface area contributed by atoms with Crippen molar-refractivity contribution >= 4 is 12.0 Å². The van der Waals surface area contributed by atoms with Gasteiger partial charge in [0.15, 0.2) is 6.33 Å². The van der Waals surface area contributed by atoms with Crippen molar-refractivity contribution in [3.63, 3.8) is 0 Å². The van der Waals surface area contributed by atoms with Crippen LogP contribution in [-0.2, 0) is 11.2 Å². The molecular weight excluding hydrogens is 264 g/mol. The van der Waals surface area contributed by atoms with E-state index in [2.05, 4.69) is 20.8 Å². The van der Waals surface area contributed by atoms with E-state index in [9.17, 15) is 9.59 Å². The van der Waals surface area contributed by atoms with Crippen LogP contribution in [0.1, 0.15) is 33.1 Å². The van der Waals surface area contributed by atoms with E-state index >= 15 is 0 Å². The van der Waals surface area contributed by atoms with Gasteiger partial charge in [-0.3, -0.25) is 4.79 Å². The highest BCUT2D eigenvalue weighted by molar-refractivity contribution is 5.75. The minimum atomic E-state index is -0.948. The van der Waals surface area contributed by atoms with Crippen LogP contribution in [-0.4, -0.2) is 39.8 Å². The fourth-order valence-corrected chi connectivity index (χ4v) is 1.55. The van der Waals surface area contributed by atoms with Crippen LogP contribution in [0.4, 0.5) is 4.79 Å². The number of hydrogen-bond acceptors (Lipinski definition) is 5. The maximum absolute atomic E-state index is 11.7. The van der Waals surface area contributed by atoms with Crippen molar-refractivity contribution in [2.24, 2.45) is 5.41 Å². The fourth-order valence-electron chi connectivity index (χ4n) is 1.55. The number of hydrogen-bond donors (Lipinski definition) is 3. The molecule has 1 aromatic rings. The zero-order chi connectivity index (χ0) is 15.2. The first-order chi connectivity index (χ1) is 9.29. The second-order valence-corrected chi connectivity index (χ2v) is 5.50. The van der Waals surface area contributed by atoms with E-state index in [0.29, 0.717) is 18.9 Å². The van der Waals surface area contributed by atoms with Crippen molar-refractivity contribution in [2.45, 2.75) is 39.7 Å². The number of aliphatic carboxylic acids is 1. The van der Waals surface area contributed by atoms with Gasteiger partial charge >= 0.3 is 12.0 Å².